The van der Waals surface area contributed by atoms with Crippen molar-refractivity contribution >= 4 is 51.9 Å². The number of amides is 1. The minimum atomic E-state index is -1.04. The van der Waals surface area contributed by atoms with Crippen LogP contribution in [0.15, 0.2) is 78.0 Å². The van der Waals surface area contributed by atoms with Crippen LogP contribution in [0.3, 0.4) is 0 Å². The number of thiocarbonyl (C=S) groups is 1. The Morgan fingerprint density at radius 1 is 1.12 bits per heavy atom. The molecule has 0 spiro atoms. The molecule has 1 atom stereocenters. The van der Waals surface area contributed by atoms with Gasteiger partial charge >= 0.3 is 5.97 Å². The standard InChI is InChI=1S/C25H25N3O3S3/c1-33-13-11-22(24(30)31)28-23(29)20-10-9-17(14-21(20)18-6-3-2-4-7-18)15-27-25(32)34-19-8-5-12-26-16-19/h2-10,12,14,16,22H,11,13,15H2,1H3,(H,27,32)(H,28,29)(H,30,31). The molecule has 1 heterocycles. The van der Waals surface area contributed by atoms with Crippen molar-refractivity contribution in [2.75, 3.05) is 12.0 Å². The lowest BCUT2D eigenvalue weighted by atomic mass is 9.96. The molecule has 0 saturated carbocycles. The summed E-state index contributed by atoms with van der Waals surface area (Å²) in [5.74, 6) is -0.802. The quantitative estimate of drug-likeness (QED) is 0.263. The summed E-state index contributed by atoms with van der Waals surface area (Å²) in [4.78, 5) is 29.7. The summed E-state index contributed by atoms with van der Waals surface area (Å²) < 4.78 is 0.620. The van der Waals surface area contributed by atoms with Crippen LogP contribution in [0.1, 0.15) is 22.3 Å². The van der Waals surface area contributed by atoms with Gasteiger partial charge in [-0.1, -0.05) is 60.4 Å². The topological polar surface area (TPSA) is 91.3 Å². The van der Waals surface area contributed by atoms with E-state index in [9.17, 15) is 14.7 Å². The number of pyridine rings is 1. The van der Waals surface area contributed by atoms with E-state index in [0.29, 0.717) is 28.6 Å². The third kappa shape index (κ3) is 7.58. The number of carbonyl (C=O) groups excluding carboxylic acids is 1. The van der Waals surface area contributed by atoms with Gasteiger partial charge in [-0.15, -0.1) is 0 Å². The number of carboxylic acids is 1. The molecule has 3 aromatic rings. The molecule has 0 aliphatic heterocycles. The molecule has 1 aromatic heterocycles. The van der Waals surface area contributed by atoms with Crippen molar-refractivity contribution in [3.63, 3.8) is 0 Å². The van der Waals surface area contributed by atoms with Gasteiger partial charge in [0.25, 0.3) is 5.91 Å². The van der Waals surface area contributed by atoms with Crippen LogP contribution in [0.4, 0.5) is 0 Å². The molecule has 6 nitrogen and oxygen atoms in total. The SMILES string of the molecule is CSCCC(NC(=O)c1ccc(CNC(=S)Sc2cccnc2)cc1-c1ccccc1)C(=O)O. The van der Waals surface area contributed by atoms with E-state index in [1.807, 2.05) is 60.9 Å². The predicted molar refractivity (Wildman–Crippen MR) is 143 cm³/mol. The molecule has 0 saturated heterocycles. The second kappa shape index (κ2) is 13.1. The van der Waals surface area contributed by atoms with Gasteiger partial charge in [0.15, 0.2) is 0 Å². The average Bonchev–Trinajstić information content (AvgIpc) is 2.86. The van der Waals surface area contributed by atoms with Crippen LogP contribution in [0, 0.1) is 0 Å². The molecule has 0 aliphatic rings. The van der Waals surface area contributed by atoms with E-state index in [4.69, 9.17) is 12.2 Å². The normalized spacial score (nSPS) is 11.4. The van der Waals surface area contributed by atoms with Crippen molar-refractivity contribution < 1.29 is 14.7 Å². The fourth-order valence-corrected chi connectivity index (χ4v) is 4.66. The van der Waals surface area contributed by atoms with Crippen LogP contribution in [-0.2, 0) is 11.3 Å². The number of thioether (sulfide) groups is 2. The van der Waals surface area contributed by atoms with Crippen LogP contribution in [-0.4, -0.2) is 44.3 Å². The fraction of sp³-hybridized carbons (Fsp3) is 0.200. The zero-order chi connectivity index (χ0) is 24.3. The number of nitrogens with one attached hydrogen (secondary N) is 2. The lowest BCUT2D eigenvalue weighted by Gasteiger charge is -2.17. The number of aliphatic carboxylic acids is 1. The first-order valence-corrected chi connectivity index (χ1v) is 13.2. The molecule has 176 valence electrons. The Hall–Kier alpha value is -2.88. The number of hydrogen-bond donors (Lipinski definition) is 3. The zero-order valence-corrected chi connectivity index (χ0v) is 21.0. The van der Waals surface area contributed by atoms with Gasteiger partial charge < -0.3 is 15.7 Å². The van der Waals surface area contributed by atoms with Gasteiger partial charge in [0.2, 0.25) is 0 Å². The Morgan fingerprint density at radius 3 is 2.59 bits per heavy atom. The molecule has 1 unspecified atom stereocenters. The van der Waals surface area contributed by atoms with Gasteiger partial charge in [-0.05, 0) is 59.4 Å². The van der Waals surface area contributed by atoms with Crippen molar-refractivity contribution in [3.8, 4) is 11.1 Å². The molecule has 0 fully saturated rings. The van der Waals surface area contributed by atoms with Crippen LogP contribution >= 0.6 is 35.7 Å². The maximum absolute atomic E-state index is 13.1. The first kappa shape index (κ1) is 25.7. The number of aromatic nitrogens is 1. The molecule has 0 bridgehead atoms. The number of benzene rings is 2. The Kier molecular flexibility index (Phi) is 9.93. The number of carboxylic acid groups (broad SMARTS) is 1. The summed E-state index contributed by atoms with van der Waals surface area (Å²) in [6, 6.07) is 17.9. The Balaban J connectivity index is 1.78. The smallest absolute Gasteiger partial charge is 0.326 e. The lowest BCUT2D eigenvalue weighted by Crippen LogP contribution is -2.41. The van der Waals surface area contributed by atoms with Crippen molar-refractivity contribution in [3.05, 3.63) is 84.2 Å². The minimum absolute atomic E-state index is 0.358. The summed E-state index contributed by atoms with van der Waals surface area (Å²) in [6.45, 7) is 0.485. The predicted octanol–water partition coefficient (Wildman–Crippen LogP) is 4.85. The summed E-state index contributed by atoms with van der Waals surface area (Å²) in [7, 11) is 0. The highest BCUT2D eigenvalue weighted by atomic mass is 32.2. The summed E-state index contributed by atoms with van der Waals surface area (Å²) in [5.41, 5.74) is 2.98. The number of nitrogens with zero attached hydrogens (tertiary/aromatic N) is 1. The van der Waals surface area contributed by atoms with E-state index in [2.05, 4.69) is 15.6 Å². The zero-order valence-electron chi connectivity index (χ0n) is 18.6. The largest absolute Gasteiger partial charge is 0.480 e. The van der Waals surface area contributed by atoms with E-state index < -0.39 is 17.9 Å². The summed E-state index contributed by atoms with van der Waals surface area (Å²) in [6.07, 6.45) is 5.73. The van der Waals surface area contributed by atoms with Crippen molar-refractivity contribution in [1.29, 1.82) is 0 Å². The highest BCUT2D eigenvalue weighted by Crippen LogP contribution is 2.26. The van der Waals surface area contributed by atoms with E-state index in [0.717, 1.165) is 21.6 Å². The summed E-state index contributed by atoms with van der Waals surface area (Å²) in [5, 5.41) is 15.4. The second-order valence-corrected chi connectivity index (χ2v) is 10.1. The molecular formula is C25H25N3O3S3. The monoisotopic (exact) mass is 511 g/mol. The number of hydrogen-bond acceptors (Lipinski definition) is 6. The van der Waals surface area contributed by atoms with Gasteiger partial charge in [-0.2, -0.15) is 11.8 Å². The van der Waals surface area contributed by atoms with E-state index in [1.54, 1.807) is 30.2 Å². The fourth-order valence-electron chi connectivity index (χ4n) is 3.21. The van der Waals surface area contributed by atoms with Crippen molar-refractivity contribution in [2.45, 2.75) is 23.9 Å². The van der Waals surface area contributed by atoms with Crippen molar-refractivity contribution in [2.24, 2.45) is 0 Å². The Labute approximate surface area is 213 Å². The Morgan fingerprint density at radius 2 is 1.91 bits per heavy atom. The number of rotatable bonds is 10. The third-order valence-electron chi connectivity index (χ3n) is 4.91. The molecule has 2 aromatic carbocycles. The highest BCUT2D eigenvalue weighted by Gasteiger charge is 2.22. The van der Waals surface area contributed by atoms with Gasteiger partial charge in [-0.3, -0.25) is 9.78 Å². The van der Waals surface area contributed by atoms with Crippen LogP contribution in [0.5, 0.6) is 0 Å². The third-order valence-corrected chi connectivity index (χ3v) is 6.75. The lowest BCUT2D eigenvalue weighted by molar-refractivity contribution is -0.139. The van der Waals surface area contributed by atoms with Gasteiger partial charge in [0.05, 0.1) is 0 Å². The first-order chi connectivity index (χ1) is 16.5. The molecular weight excluding hydrogens is 486 g/mol. The average molecular weight is 512 g/mol. The minimum Gasteiger partial charge on any atom is -0.480 e. The van der Waals surface area contributed by atoms with E-state index in [-0.39, 0.29) is 0 Å². The molecule has 34 heavy (non-hydrogen) atoms. The molecule has 0 aliphatic carbocycles. The Bertz CT molecular complexity index is 1130. The maximum Gasteiger partial charge on any atom is 0.326 e. The molecule has 3 N–H and O–H groups in total. The maximum atomic E-state index is 13.1. The first-order valence-electron chi connectivity index (χ1n) is 10.5. The van der Waals surface area contributed by atoms with Crippen molar-refractivity contribution in [1.82, 2.24) is 15.6 Å². The second-order valence-electron chi connectivity index (χ2n) is 7.32. The van der Waals surface area contributed by atoms with Crippen LogP contribution in [0.2, 0.25) is 0 Å². The van der Waals surface area contributed by atoms with E-state index >= 15 is 0 Å². The van der Waals surface area contributed by atoms with Gasteiger partial charge in [0, 0.05) is 29.4 Å². The number of carbonyl (C=O) groups is 2. The molecule has 3 rings (SSSR count). The molecule has 0 radical (unpaired) electrons. The van der Waals surface area contributed by atoms with Gasteiger partial charge in [0.1, 0.15) is 10.4 Å². The highest BCUT2D eigenvalue weighted by molar-refractivity contribution is 8.23. The van der Waals surface area contributed by atoms with Crippen LogP contribution < -0.4 is 10.6 Å². The molecule has 1 amide bonds. The van der Waals surface area contributed by atoms with Gasteiger partial charge in [-0.25, -0.2) is 4.79 Å². The summed E-state index contributed by atoms with van der Waals surface area (Å²) >= 11 is 8.40. The van der Waals surface area contributed by atoms with Crippen LogP contribution in [0.25, 0.3) is 11.1 Å². The van der Waals surface area contributed by atoms with E-state index in [1.165, 1.54) is 11.8 Å². The molecule has 9 heteroatoms.